The standard InChI is InChI=1S/C18H20N2O.ClH/c19-11-13-12-20(9-10-21-13)18-16-7-3-1-5-14(16)15-6-2-4-8-17(15)18;/h1-8,13,18H,9-12,19H2;1H. The van der Waals surface area contributed by atoms with Gasteiger partial charge in [0.05, 0.1) is 18.8 Å². The Morgan fingerprint density at radius 1 is 1.00 bits per heavy atom. The van der Waals surface area contributed by atoms with Crippen LogP contribution >= 0.6 is 12.4 Å². The minimum Gasteiger partial charge on any atom is -0.374 e. The van der Waals surface area contributed by atoms with E-state index in [4.69, 9.17) is 10.5 Å². The van der Waals surface area contributed by atoms with Crippen LogP contribution in [0.1, 0.15) is 17.2 Å². The number of hydrogen-bond donors (Lipinski definition) is 1. The summed E-state index contributed by atoms with van der Waals surface area (Å²) in [7, 11) is 0. The highest BCUT2D eigenvalue weighted by molar-refractivity contribution is 5.85. The van der Waals surface area contributed by atoms with Gasteiger partial charge in [-0.1, -0.05) is 48.5 Å². The molecule has 1 saturated heterocycles. The van der Waals surface area contributed by atoms with E-state index in [0.29, 0.717) is 12.6 Å². The number of rotatable bonds is 2. The first-order chi connectivity index (χ1) is 10.4. The molecule has 2 aromatic carbocycles. The van der Waals surface area contributed by atoms with Gasteiger partial charge in [-0.05, 0) is 22.3 Å². The molecule has 0 saturated carbocycles. The molecule has 3 nitrogen and oxygen atoms in total. The Labute approximate surface area is 137 Å². The molecule has 2 N–H and O–H groups in total. The Morgan fingerprint density at radius 2 is 1.59 bits per heavy atom. The minimum atomic E-state index is 0. The Morgan fingerprint density at radius 3 is 2.18 bits per heavy atom. The van der Waals surface area contributed by atoms with Gasteiger partial charge in [-0.2, -0.15) is 0 Å². The molecule has 4 rings (SSSR count). The van der Waals surface area contributed by atoms with Crippen LogP contribution in [0.4, 0.5) is 0 Å². The Hall–Kier alpha value is -1.39. The average molecular weight is 317 g/mol. The van der Waals surface area contributed by atoms with Crippen molar-refractivity contribution in [2.24, 2.45) is 5.73 Å². The van der Waals surface area contributed by atoms with Crippen LogP contribution in [0.15, 0.2) is 48.5 Å². The zero-order valence-electron chi connectivity index (χ0n) is 12.4. The first-order valence-corrected chi connectivity index (χ1v) is 7.62. The molecule has 22 heavy (non-hydrogen) atoms. The zero-order valence-corrected chi connectivity index (χ0v) is 13.3. The van der Waals surface area contributed by atoms with Crippen LogP contribution in [0, 0.1) is 0 Å². The first-order valence-electron chi connectivity index (χ1n) is 7.62. The van der Waals surface area contributed by atoms with E-state index in [1.54, 1.807) is 0 Å². The van der Waals surface area contributed by atoms with Crippen LogP contribution in [-0.2, 0) is 4.74 Å². The summed E-state index contributed by atoms with van der Waals surface area (Å²) in [6.07, 6.45) is 0.152. The van der Waals surface area contributed by atoms with Gasteiger partial charge in [0.15, 0.2) is 0 Å². The number of nitrogens with two attached hydrogens (primary N) is 1. The summed E-state index contributed by atoms with van der Waals surface area (Å²) in [6.45, 7) is 3.23. The van der Waals surface area contributed by atoms with Gasteiger partial charge in [-0.15, -0.1) is 12.4 Å². The van der Waals surface area contributed by atoms with E-state index >= 15 is 0 Å². The van der Waals surface area contributed by atoms with Gasteiger partial charge in [0.2, 0.25) is 0 Å². The lowest BCUT2D eigenvalue weighted by molar-refractivity contribution is -0.0329. The van der Waals surface area contributed by atoms with Crippen LogP contribution in [0.25, 0.3) is 11.1 Å². The van der Waals surface area contributed by atoms with Crippen molar-refractivity contribution in [2.45, 2.75) is 12.1 Å². The smallest absolute Gasteiger partial charge is 0.0824 e. The summed E-state index contributed by atoms with van der Waals surface area (Å²) in [6, 6.07) is 17.8. The van der Waals surface area contributed by atoms with Crippen molar-refractivity contribution in [2.75, 3.05) is 26.2 Å². The van der Waals surface area contributed by atoms with Crippen LogP contribution in [0.2, 0.25) is 0 Å². The molecule has 0 bridgehead atoms. The molecular weight excluding hydrogens is 296 g/mol. The van der Waals surface area contributed by atoms with Gasteiger partial charge in [-0.3, -0.25) is 4.90 Å². The van der Waals surface area contributed by atoms with E-state index in [2.05, 4.69) is 53.4 Å². The molecule has 1 aliphatic carbocycles. The molecule has 116 valence electrons. The number of ether oxygens (including phenoxy) is 1. The molecule has 1 aliphatic heterocycles. The van der Waals surface area contributed by atoms with Gasteiger partial charge in [0.25, 0.3) is 0 Å². The van der Waals surface area contributed by atoms with Gasteiger partial charge in [0.1, 0.15) is 0 Å². The second-order valence-electron chi connectivity index (χ2n) is 5.80. The highest BCUT2D eigenvalue weighted by Crippen LogP contribution is 2.46. The lowest BCUT2D eigenvalue weighted by Gasteiger charge is -2.37. The molecule has 2 aromatic rings. The van der Waals surface area contributed by atoms with E-state index in [1.165, 1.54) is 22.3 Å². The summed E-state index contributed by atoms with van der Waals surface area (Å²) in [5.74, 6) is 0. The van der Waals surface area contributed by atoms with E-state index in [9.17, 15) is 0 Å². The maximum absolute atomic E-state index is 5.80. The molecule has 0 amide bonds. The molecule has 1 unspecified atom stereocenters. The highest BCUT2D eigenvalue weighted by atomic mass is 35.5. The van der Waals surface area contributed by atoms with E-state index in [1.807, 2.05) is 0 Å². The van der Waals surface area contributed by atoms with Crippen LogP contribution < -0.4 is 5.73 Å². The first kappa shape index (κ1) is 15.5. The molecule has 1 heterocycles. The summed E-state index contributed by atoms with van der Waals surface area (Å²) in [5.41, 5.74) is 11.4. The maximum atomic E-state index is 5.80. The molecule has 0 aromatic heterocycles. The van der Waals surface area contributed by atoms with E-state index in [0.717, 1.165) is 19.7 Å². The topological polar surface area (TPSA) is 38.5 Å². The fourth-order valence-electron chi connectivity index (χ4n) is 3.64. The highest BCUT2D eigenvalue weighted by Gasteiger charge is 2.34. The predicted octanol–water partition coefficient (Wildman–Crippen LogP) is 2.84. The summed E-state index contributed by atoms with van der Waals surface area (Å²) in [5, 5.41) is 0. The Bertz CT molecular complexity index is 616. The fraction of sp³-hybridized carbons (Fsp3) is 0.333. The van der Waals surface area contributed by atoms with Crippen LogP contribution in [0.5, 0.6) is 0 Å². The van der Waals surface area contributed by atoms with Gasteiger partial charge in [-0.25, -0.2) is 0 Å². The van der Waals surface area contributed by atoms with E-state index in [-0.39, 0.29) is 18.5 Å². The van der Waals surface area contributed by atoms with Gasteiger partial charge < -0.3 is 10.5 Å². The molecular formula is C18H21ClN2O. The number of hydrogen-bond acceptors (Lipinski definition) is 3. The molecule has 1 fully saturated rings. The van der Waals surface area contributed by atoms with Crippen LogP contribution in [-0.4, -0.2) is 37.2 Å². The number of fused-ring (bicyclic) bond motifs is 3. The quantitative estimate of drug-likeness (QED) is 0.926. The van der Waals surface area contributed by atoms with Crippen molar-refractivity contribution in [3.63, 3.8) is 0 Å². The molecule has 0 spiro atoms. The third-order valence-corrected chi connectivity index (χ3v) is 4.60. The number of nitrogens with zero attached hydrogens (tertiary/aromatic N) is 1. The molecule has 2 aliphatic rings. The summed E-state index contributed by atoms with van der Waals surface area (Å²) >= 11 is 0. The monoisotopic (exact) mass is 316 g/mol. The van der Waals surface area contributed by atoms with Crippen molar-refractivity contribution >= 4 is 12.4 Å². The van der Waals surface area contributed by atoms with Crippen molar-refractivity contribution < 1.29 is 4.74 Å². The van der Waals surface area contributed by atoms with Gasteiger partial charge >= 0.3 is 0 Å². The van der Waals surface area contributed by atoms with E-state index < -0.39 is 0 Å². The Balaban J connectivity index is 0.00000144. The lowest BCUT2D eigenvalue weighted by Crippen LogP contribution is -2.46. The normalized spacial score (nSPS) is 21.0. The third-order valence-electron chi connectivity index (χ3n) is 4.60. The molecule has 1 atom stereocenters. The van der Waals surface area contributed by atoms with Crippen molar-refractivity contribution in [3.05, 3.63) is 59.7 Å². The number of morpholine rings is 1. The second kappa shape index (κ2) is 6.39. The number of halogens is 1. The third kappa shape index (κ3) is 2.44. The second-order valence-corrected chi connectivity index (χ2v) is 5.80. The fourth-order valence-corrected chi connectivity index (χ4v) is 3.64. The van der Waals surface area contributed by atoms with Crippen molar-refractivity contribution in [1.82, 2.24) is 4.90 Å². The molecule has 0 radical (unpaired) electrons. The van der Waals surface area contributed by atoms with Crippen molar-refractivity contribution in [1.29, 1.82) is 0 Å². The van der Waals surface area contributed by atoms with Crippen LogP contribution in [0.3, 0.4) is 0 Å². The summed E-state index contributed by atoms with van der Waals surface area (Å²) in [4.78, 5) is 2.52. The Kier molecular flexibility index (Phi) is 4.50. The average Bonchev–Trinajstić information content (AvgIpc) is 2.89. The zero-order chi connectivity index (χ0) is 14.2. The minimum absolute atomic E-state index is 0. The number of benzene rings is 2. The lowest BCUT2D eigenvalue weighted by atomic mass is 10.0. The maximum Gasteiger partial charge on any atom is 0.0824 e. The SMILES string of the molecule is Cl.NCC1CN(C2c3ccccc3-c3ccccc32)CCO1. The predicted molar refractivity (Wildman–Crippen MR) is 91.3 cm³/mol. The molecule has 4 heteroatoms. The van der Waals surface area contributed by atoms with Crippen molar-refractivity contribution in [3.8, 4) is 11.1 Å². The van der Waals surface area contributed by atoms with Gasteiger partial charge in [0, 0.05) is 19.6 Å². The summed E-state index contributed by atoms with van der Waals surface area (Å²) < 4.78 is 5.73. The largest absolute Gasteiger partial charge is 0.374 e.